The van der Waals surface area contributed by atoms with Gasteiger partial charge in [-0.1, -0.05) is 40.5 Å². The van der Waals surface area contributed by atoms with Crippen molar-refractivity contribution in [1.29, 1.82) is 0 Å². The van der Waals surface area contributed by atoms with Crippen molar-refractivity contribution >= 4 is 6.16 Å². The van der Waals surface area contributed by atoms with Gasteiger partial charge in [0, 0.05) is 27.7 Å². The van der Waals surface area contributed by atoms with E-state index in [1.165, 1.54) is 0 Å². The van der Waals surface area contributed by atoms with Gasteiger partial charge in [0.2, 0.25) is 11.6 Å². The van der Waals surface area contributed by atoms with Crippen molar-refractivity contribution in [2.45, 2.75) is 92.6 Å². The molecular formula is C19H38O7. The van der Waals surface area contributed by atoms with Crippen LogP contribution in [0.1, 0.15) is 81.1 Å². The molecule has 2 unspecified atom stereocenters. The van der Waals surface area contributed by atoms with E-state index in [0.29, 0.717) is 25.0 Å². The maximum Gasteiger partial charge on any atom is 0.513 e. The molecule has 0 radical (unpaired) electrons. The van der Waals surface area contributed by atoms with Crippen LogP contribution in [0.25, 0.3) is 0 Å². The van der Waals surface area contributed by atoms with Crippen LogP contribution in [0.5, 0.6) is 0 Å². The van der Waals surface area contributed by atoms with E-state index < -0.39 is 17.7 Å². The van der Waals surface area contributed by atoms with Gasteiger partial charge in [-0.2, -0.15) is 9.78 Å². The fourth-order valence-electron chi connectivity index (χ4n) is 2.19. The molecule has 0 saturated carbocycles. The second-order valence-electron chi connectivity index (χ2n) is 7.78. The highest BCUT2D eigenvalue weighted by Crippen LogP contribution is 2.19. The number of rotatable bonds is 14. The van der Waals surface area contributed by atoms with Gasteiger partial charge in [0.05, 0.1) is 13.2 Å². The number of hydrogen-bond acceptors (Lipinski definition) is 7. The zero-order valence-corrected chi connectivity index (χ0v) is 17.8. The lowest BCUT2D eigenvalue weighted by molar-refractivity contribution is -0.427. The van der Waals surface area contributed by atoms with Crippen molar-refractivity contribution in [2.75, 3.05) is 13.2 Å². The Morgan fingerprint density at radius 3 is 1.42 bits per heavy atom. The molecule has 0 aromatic rings. The summed E-state index contributed by atoms with van der Waals surface area (Å²) in [5, 5.41) is 0. The fraction of sp³-hybridized carbons (Fsp3) is 0.947. The van der Waals surface area contributed by atoms with E-state index in [4.69, 9.17) is 29.0 Å². The normalized spacial score (nSPS) is 14.8. The molecule has 0 spiro atoms. The SMILES string of the molecule is CCCC(C)COOC(C)(C)OC(=O)OC(C)(C)OOCC(C)CCC. The molecule has 0 heterocycles. The fourth-order valence-corrected chi connectivity index (χ4v) is 2.19. The van der Waals surface area contributed by atoms with Gasteiger partial charge in [0.25, 0.3) is 0 Å². The summed E-state index contributed by atoms with van der Waals surface area (Å²) in [6, 6.07) is 0. The summed E-state index contributed by atoms with van der Waals surface area (Å²) in [7, 11) is 0. The highest BCUT2D eigenvalue weighted by atomic mass is 17.2. The molecule has 0 aliphatic carbocycles. The first-order chi connectivity index (χ1) is 12.0. The molecule has 0 fully saturated rings. The predicted octanol–water partition coefficient (Wildman–Crippen LogP) is 5.38. The summed E-state index contributed by atoms with van der Waals surface area (Å²) in [4.78, 5) is 32.6. The van der Waals surface area contributed by atoms with E-state index in [0.717, 1.165) is 25.7 Å². The van der Waals surface area contributed by atoms with Crippen LogP contribution in [0.3, 0.4) is 0 Å². The molecule has 7 nitrogen and oxygen atoms in total. The van der Waals surface area contributed by atoms with Crippen molar-refractivity contribution in [3.05, 3.63) is 0 Å². The Labute approximate surface area is 158 Å². The van der Waals surface area contributed by atoms with Crippen LogP contribution in [-0.4, -0.2) is 30.9 Å². The average Bonchev–Trinajstić information content (AvgIpc) is 2.45. The molecule has 26 heavy (non-hydrogen) atoms. The number of carbonyl (C=O) groups excluding carboxylic acids is 1. The molecule has 0 rings (SSSR count). The molecule has 0 aliphatic rings. The van der Waals surface area contributed by atoms with Gasteiger partial charge in [-0.3, -0.25) is 0 Å². The third-order valence-corrected chi connectivity index (χ3v) is 3.45. The van der Waals surface area contributed by atoms with Gasteiger partial charge in [-0.15, -0.1) is 0 Å². The first-order valence-electron chi connectivity index (χ1n) is 9.54. The highest BCUT2D eigenvalue weighted by Gasteiger charge is 2.32. The summed E-state index contributed by atoms with van der Waals surface area (Å²) in [5.74, 6) is -1.84. The van der Waals surface area contributed by atoms with Crippen LogP contribution in [0.4, 0.5) is 4.79 Å². The van der Waals surface area contributed by atoms with Crippen molar-refractivity contribution in [2.24, 2.45) is 11.8 Å². The number of ether oxygens (including phenoxy) is 2. The monoisotopic (exact) mass is 378 g/mol. The van der Waals surface area contributed by atoms with Crippen molar-refractivity contribution in [1.82, 2.24) is 0 Å². The van der Waals surface area contributed by atoms with Crippen molar-refractivity contribution in [3.63, 3.8) is 0 Å². The molecule has 2 atom stereocenters. The van der Waals surface area contributed by atoms with Crippen LogP contribution in [-0.2, 0) is 29.0 Å². The Hall–Kier alpha value is -0.890. The molecule has 0 saturated heterocycles. The van der Waals surface area contributed by atoms with Crippen LogP contribution >= 0.6 is 0 Å². The summed E-state index contributed by atoms with van der Waals surface area (Å²) in [5.41, 5.74) is 0. The Balaban J connectivity index is 4.18. The van der Waals surface area contributed by atoms with Gasteiger partial charge >= 0.3 is 6.16 Å². The smallest absolute Gasteiger partial charge is 0.399 e. The van der Waals surface area contributed by atoms with E-state index >= 15 is 0 Å². The van der Waals surface area contributed by atoms with Gasteiger partial charge in [0.1, 0.15) is 0 Å². The average molecular weight is 379 g/mol. The van der Waals surface area contributed by atoms with Crippen LogP contribution in [0, 0.1) is 11.8 Å². The van der Waals surface area contributed by atoms with E-state index in [1.54, 1.807) is 27.7 Å². The Kier molecular flexibility index (Phi) is 12.1. The molecule has 0 aromatic carbocycles. The molecule has 0 bridgehead atoms. The summed E-state index contributed by atoms with van der Waals surface area (Å²) < 4.78 is 10.3. The second-order valence-corrected chi connectivity index (χ2v) is 7.78. The predicted molar refractivity (Wildman–Crippen MR) is 97.9 cm³/mol. The quantitative estimate of drug-likeness (QED) is 0.174. The Bertz CT molecular complexity index is 348. The lowest BCUT2D eigenvalue weighted by Gasteiger charge is -2.28. The van der Waals surface area contributed by atoms with Crippen LogP contribution < -0.4 is 0 Å². The maximum atomic E-state index is 12.0. The van der Waals surface area contributed by atoms with Crippen LogP contribution in [0.15, 0.2) is 0 Å². The van der Waals surface area contributed by atoms with E-state index in [1.807, 2.05) is 0 Å². The third kappa shape index (κ3) is 13.3. The Morgan fingerprint density at radius 1 is 0.769 bits per heavy atom. The molecular weight excluding hydrogens is 340 g/mol. The molecule has 0 aromatic heterocycles. The highest BCUT2D eigenvalue weighted by molar-refractivity contribution is 5.60. The molecule has 0 N–H and O–H groups in total. The van der Waals surface area contributed by atoms with E-state index in [-0.39, 0.29) is 0 Å². The van der Waals surface area contributed by atoms with Gasteiger partial charge in [-0.25, -0.2) is 14.6 Å². The van der Waals surface area contributed by atoms with Gasteiger partial charge in [-0.05, 0) is 24.7 Å². The van der Waals surface area contributed by atoms with E-state index in [9.17, 15) is 4.79 Å². The minimum Gasteiger partial charge on any atom is -0.399 e. The standard InChI is InChI=1S/C19H38O7/c1-9-11-15(3)13-21-25-18(5,6)23-17(20)24-19(7,8)26-22-14-16(4)12-10-2/h15-16H,9-14H2,1-8H3. The third-order valence-electron chi connectivity index (χ3n) is 3.45. The number of carbonyl (C=O) groups is 1. The Morgan fingerprint density at radius 2 is 1.12 bits per heavy atom. The minimum atomic E-state index is -1.28. The summed E-state index contributed by atoms with van der Waals surface area (Å²) in [6.45, 7) is 15.5. The second kappa shape index (κ2) is 12.5. The van der Waals surface area contributed by atoms with Crippen molar-refractivity contribution < 1.29 is 33.8 Å². The summed E-state index contributed by atoms with van der Waals surface area (Å²) in [6.07, 6.45) is 3.29. The largest absolute Gasteiger partial charge is 0.513 e. The maximum absolute atomic E-state index is 12.0. The topological polar surface area (TPSA) is 72.5 Å². The molecule has 0 amide bonds. The van der Waals surface area contributed by atoms with Gasteiger partial charge in [0.15, 0.2) is 0 Å². The number of hydrogen-bond donors (Lipinski definition) is 0. The zero-order valence-electron chi connectivity index (χ0n) is 17.8. The first kappa shape index (κ1) is 25.1. The molecule has 7 heteroatoms. The van der Waals surface area contributed by atoms with Crippen LogP contribution in [0.2, 0.25) is 0 Å². The minimum absolute atomic E-state index is 0.363. The summed E-state index contributed by atoms with van der Waals surface area (Å²) >= 11 is 0. The molecule has 0 aliphatic heterocycles. The van der Waals surface area contributed by atoms with Gasteiger partial charge < -0.3 is 9.47 Å². The zero-order chi connectivity index (χ0) is 20.2. The lowest BCUT2D eigenvalue weighted by atomic mass is 10.1. The van der Waals surface area contributed by atoms with Crippen molar-refractivity contribution in [3.8, 4) is 0 Å². The molecule has 156 valence electrons. The first-order valence-corrected chi connectivity index (χ1v) is 9.54. The van der Waals surface area contributed by atoms with E-state index in [2.05, 4.69) is 27.7 Å². The lowest BCUT2D eigenvalue weighted by Crippen LogP contribution is -2.37.